The van der Waals surface area contributed by atoms with Crippen molar-refractivity contribution in [1.29, 1.82) is 0 Å². The maximum atomic E-state index is 11.9. The number of fused-ring (bicyclic) bond motifs is 1. The van der Waals surface area contributed by atoms with Crippen LogP contribution in [0.4, 0.5) is 0 Å². The molecule has 5 nitrogen and oxygen atoms in total. The Labute approximate surface area is 140 Å². The number of carbonyl (C=O) groups excluding carboxylic acids is 1. The first-order chi connectivity index (χ1) is 11.4. The third kappa shape index (κ3) is 2.24. The molecule has 0 radical (unpaired) electrons. The van der Waals surface area contributed by atoms with Gasteiger partial charge in [-0.1, -0.05) is 18.2 Å². The molecule has 1 aliphatic heterocycles. The molecule has 0 fully saturated rings. The summed E-state index contributed by atoms with van der Waals surface area (Å²) < 4.78 is 5.85. The lowest BCUT2D eigenvalue weighted by atomic mass is 9.77. The molecule has 0 aliphatic carbocycles. The lowest BCUT2D eigenvalue weighted by Crippen LogP contribution is -2.37. The predicted molar refractivity (Wildman–Crippen MR) is 90.3 cm³/mol. The number of hydrogen-bond donors (Lipinski definition) is 2. The number of carbonyl (C=O) groups is 1. The molecule has 0 amide bonds. The van der Waals surface area contributed by atoms with Crippen molar-refractivity contribution in [2.24, 2.45) is 0 Å². The van der Waals surface area contributed by atoms with Gasteiger partial charge in [-0.3, -0.25) is 0 Å². The number of aromatic nitrogens is 1. The van der Waals surface area contributed by atoms with E-state index in [0.717, 1.165) is 11.9 Å². The first-order valence-corrected chi connectivity index (χ1v) is 7.70. The molecule has 2 N–H and O–H groups in total. The molecule has 24 heavy (non-hydrogen) atoms. The van der Waals surface area contributed by atoms with Gasteiger partial charge in [-0.15, -0.1) is 0 Å². The van der Waals surface area contributed by atoms with Crippen molar-refractivity contribution in [1.82, 2.24) is 4.98 Å². The second kappa shape index (κ2) is 5.67. The first-order valence-electron chi connectivity index (χ1n) is 7.70. The molecule has 1 aromatic heterocycles. The fraction of sp³-hybridized carbons (Fsp3) is 0.263. The highest BCUT2D eigenvalue weighted by Crippen LogP contribution is 2.50. The molecule has 0 saturated carbocycles. The molecular formula is C19H19NO4. The maximum absolute atomic E-state index is 11.9. The van der Waals surface area contributed by atoms with Crippen molar-refractivity contribution in [3.63, 3.8) is 0 Å². The minimum Gasteiger partial charge on any atom is -0.508 e. The number of benzene rings is 1. The van der Waals surface area contributed by atoms with Gasteiger partial charge in [0.25, 0.3) is 0 Å². The highest BCUT2D eigenvalue weighted by molar-refractivity contribution is 5.81. The summed E-state index contributed by atoms with van der Waals surface area (Å²) in [5.74, 6) is 0.389. The Morgan fingerprint density at radius 3 is 2.54 bits per heavy atom. The van der Waals surface area contributed by atoms with E-state index in [9.17, 15) is 15.0 Å². The molecule has 0 bridgehead atoms. The highest BCUT2D eigenvalue weighted by Gasteiger charge is 2.49. The summed E-state index contributed by atoms with van der Waals surface area (Å²) in [4.78, 5) is 16.2. The highest BCUT2D eigenvalue weighted by atomic mass is 16.5. The topological polar surface area (TPSA) is 79.7 Å². The van der Waals surface area contributed by atoms with Crippen molar-refractivity contribution in [2.75, 3.05) is 0 Å². The quantitative estimate of drug-likeness (QED) is 0.668. The van der Waals surface area contributed by atoms with Gasteiger partial charge in [0.1, 0.15) is 23.9 Å². The predicted octanol–water partition coefficient (Wildman–Crippen LogP) is 3.34. The summed E-state index contributed by atoms with van der Waals surface area (Å²) in [7, 11) is 0. The lowest BCUT2D eigenvalue weighted by molar-refractivity contribution is -0.113. The van der Waals surface area contributed by atoms with Crippen LogP contribution in [-0.4, -0.2) is 27.6 Å². The van der Waals surface area contributed by atoms with Gasteiger partial charge < -0.3 is 19.7 Å². The molecule has 2 heterocycles. The van der Waals surface area contributed by atoms with E-state index in [1.54, 1.807) is 19.1 Å². The van der Waals surface area contributed by atoms with E-state index in [-0.39, 0.29) is 17.4 Å². The summed E-state index contributed by atoms with van der Waals surface area (Å²) in [6.07, 6.45) is 3.71. The molecule has 124 valence electrons. The fourth-order valence-corrected chi connectivity index (χ4v) is 3.12. The van der Waals surface area contributed by atoms with Crippen molar-refractivity contribution in [3.8, 4) is 28.5 Å². The smallest absolute Gasteiger partial charge is 0.222 e. The minimum absolute atomic E-state index is 0.0216. The third-order valence-corrected chi connectivity index (χ3v) is 4.62. The van der Waals surface area contributed by atoms with E-state index in [2.05, 4.69) is 4.98 Å². The van der Waals surface area contributed by atoms with Crippen molar-refractivity contribution >= 4 is 6.29 Å². The Hall–Kier alpha value is -2.82. The van der Waals surface area contributed by atoms with Gasteiger partial charge in [0.2, 0.25) is 5.88 Å². The van der Waals surface area contributed by atoms with Crippen LogP contribution in [0.3, 0.4) is 0 Å². The van der Waals surface area contributed by atoms with Gasteiger partial charge in [-0.05, 0) is 44.0 Å². The number of allylic oxidation sites excluding steroid dienone is 1. The van der Waals surface area contributed by atoms with E-state index >= 15 is 0 Å². The van der Waals surface area contributed by atoms with Gasteiger partial charge in [-0.25, -0.2) is 4.98 Å². The molecule has 5 heteroatoms. The number of aromatic hydroxyl groups is 2. The average Bonchev–Trinajstić information content (AvgIpc) is 2.90. The number of pyridine rings is 1. The van der Waals surface area contributed by atoms with Crippen LogP contribution in [0.2, 0.25) is 0 Å². The van der Waals surface area contributed by atoms with Crippen LogP contribution in [0.15, 0.2) is 42.1 Å². The van der Waals surface area contributed by atoms with Crippen molar-refractivity contribution in [2.45, 2.75) is 32.3 Å². The van der Waals surface area contributed by atoms with Crippen LogP contribution in [0.5, 0.6) is 17.4 Å². The monoisotopic (exact) mass is 325 g/mol. The number of nitrogens with zero attached hydrogens (tertiary/aromatic N) is 1. The van der Waals surface area contributed by atoms with Crippen LogP contribution in [0, 0.1) is 0 Å². The van der Waals surface area contributed by atoms with Gasteiger partial charge in [0, 0.05) is 11.8 Å². The summed E-state index contributed by atoms with van der Waals surface area (Å²) in [6.45, 7) is 5.50. The van der Waals surface area contributed by atoms with E-state index in [4.69, 9.17) is 4.74 Å². The molecular weight excluding hydrogens is 306 g/mol. The Balaban J connectivity index is 2.18. The Morgan fingerprint density at radius 1 is 1.29 bits per heavy atom. The first kappa shape index (κ1) is 16.1. The zero-order chi connectivity index (χ0) is 17.5. The molecule has 2 aromatic rings. The van der Waals surface area contributed by atoms with Gasteiger partial charge >= 0.3 is 0 Å². The number of aldehydes is 1. The van der Waals surface area contributed by atoms with Crippen LogP contribution < -0.4 is 4.74 Å². The van der Waals surface area contributed by atoms with Crippen molar-refractivity contribution in [3.05, 3.63) is 47.7 Å². The molecule has 1 aliphatic rings. The van der Waals surface area contributed by atoms with Gasteiger partial charge in [-0.2, -0.15) is 0 Å². The summed E-state index contributed by atoms with van der Waals surface area (Å²) >= 11 is 0. The molecule has 0 spiro atoms. The van der Waals surface area contributed by atoms with E-state index in [0.29, 0.717) is 16.7 Å². The Bertz CT molecular complexity index is 826. The van der Waals surface area contributed by atoms with Gasteiger partial charge in [0.15, 0.2) is 0 Å². The second-order valence-corrected chi connectivity index (χ2v) is 6.18. The largest absolute Gasteiger partial charge is 0.508 e. The van der Waals surface area contributed by atoms with E-state index < -0.39 is 11.5 Å². The second-order valence-electron chi connectivity index (χ2n) is 6.18. The molecule has 2 unspecified atom stereocenters. The van der Waals surface area contributed by atoms with Crippen molar-refractivity contribution < 1.29 is 19.7 Å². The van der Waals surface area contributed by atoms with E-state index in [1.807, 2.05) is 19.9 Å². The summed E-state index contributed by atoms with van der Waals surface area (Å²) in [6, 6.07) is 6.43. The molecule has 3 rings (SSSR count). The van der Waals surface area contributed by atoms with Gasteiger partial charge in [0.05, 0.1) is 11.0 Å². The van der Waals surface area contributed by atoms with Crippen LogP contribution in [-0.2, 0) is 10.2 Å². The fourth-order valence-electron chi connectivity index (χ4n) is 3.12. The summed E-state index contributed by atoms with van der Waals surface area (Å²) in [5, 5.41) is 20.2. The number of phenols is 1. The standard InChI is InChI=1S/C19H19NO4/c1-4-11(2)17-19(3,10-21)15-16(23)14(9-20-18(15)24-17)12-5-7-13(22)8-6-12/h4-10,17,22H,1-3H3,(H,20,23)/b11-4+. The molecule has 2 atom stereocenters. The van der Waals surface area contributed by atoms with Crippen LogP contribution in [0.25, 0.3) is 11.1 Å². The zero-order valence-corrected chi connectivity index (χ0v) is 13.8. The van der Waals surface area contributed by atoms with Crippen LogP contribution >= 0.6 is 0 Å². The lowest BCUT2D eigenvalue weighted by Gasteiger charge is -2.25. The van der Waals surface area contributed by atoms with Crippen LogP contribution in [0.1, 0.15) is 26.3 Å². The normalized spacial score (nSPS) is 22.8. The summed E-state index contributed by atoms with van der Waals surface area (Å²) in [5.41, 5.74) is 1.46. The number of hydrogen-bond acceptors (Lipinski definition) is 5. The zero-order valence-electron chi connectivity index (χ0n) is 13.8. The number of rotatable bonds is 3. The minimum atomic E-state index is -1.02. The number of ether oxygens (including phenoxy) is 1. The molecule has 1 aromatic carbocycles. The van der Waals surface area contributed by atoms with E-state index in [1.165, 1.54) is 18.3 Å². The third-order valence-electron chi connectivity index (χ3n) is 4.62. The maximum Gasteiger partial charge on any atom is 0.222 e. The Kier molecular flexibility index (Phi) is 3.79. The number of phenolic OH excluding ortho intramolecular Hbond substituents is 1. The SMILES string of the molecule is C/C=C(\C)C1Oc2ncc(-c3ccc(O)cc3)c(O)c2C1(C)C=O. The molecule has 0 saturated heterocycles. The average molecular weight is 325 g/mol. The Morgan fingerprint density at radius 2 is 1.96 bits per heavy atom.